The molecule has 0 aliphatic rings. The Hall–Kier alpha value is -3.76. The van der Waals surface area contributed by atoms with Crippen LogP contribution in [-0.2, 0) is 14.8 Å². The zero-order valence-electron chi connectivity index (χ0n) is 16.5. The number of amides is 1. The van der Waals surface area contributed by atoms with Gasteiger partial charge in [-0.1, -0.05) is 48.0 Å². The molecule has 0 saturated carbocycles. The van der Waals surface area contributed by atoms with E-state index in [1.54, 1.807) is 30.3 Å². The molecule has 3 aromatic carbocycles. The maximum absolute atomic E-state index is 13.2. The summed E-state index contributed by atoms with van der Waals surface area (Å²) in [7, 11) is -4.19. The van der Waals surface area contributed by atoms with Crippen LogP contribution in [0.1, 0.15) is 5.56 Å². The van der Waals surface area contributed by atoms with Crippen LogP contribution in [0.15, 0.2) is 88.9 Å². The largest absolute Gasteiger partial charge is 0.271 e. The van der Waals surface area contributed by atoms with Crippen molar-refractivity contribution in [1.82, 2.24) is 5.43 Å². The molecule has 0 aliphatic carbocycles. The molecule has 164 valence electrons. The van der Waals surface area contributed by atoms with Gasteiger partial charge in [0, 0.05) is 17.2 Å². The van der Waals surface area contributed by atoms with Crippen molar-refractivity contribution in [3.8, 4) is 0 Å². The average Bonchev–Trinajstić information content (AvgIpc) is 2.78. The summed E-state index contributed by atoms with van der Waals surface area (Å²) < 4.78 is 27.2. The lowest BCUT2D eigenvalue weighted by Crippen LogP contribution is -2.39. The van der Waals surface area contributed by atoms with Crippen molar-refractivity contribution in [3.63, 3.8) is 0 Å². The summed E-state index contributed by atoms with van der Waals surface area (Å²) in [6.07, 6.45) is 1.35. The number of hydrogen-bond acceptors (Lipinski definition) is 6. The van der Waals surface area contributed by atoms with Gasteiger partial charge in [0.25, 0.3) is 21.6 Å². The lowest BCUT2D eigenvalue weighted by Gasteiger charge is -2.23. The van der Waals surface area contributed by atoms with Crippen molar-refractivity contribution < 1.29 is 18.1 Å². The first-order valence-corrected chi connectivity index (χ1v) is 11.0. The van der Waals surface area contributed by atoms with Crippen LogP contribution in [0.25, 0.3) is 0 Å². The summed E-state index contributed by atoms with van der Waals surface area (Å²) in [5, 5.41) is 15.5. The Morgan fingerprint density at radius 3 is 2.47 bits per heavy atom. The van der Waals surface area contributed by atoms with Crippen LogP contribution < -0.4 is 9.73 Å². The number of carbonyl (C=O) groups is 1. The number of nitro groups is 1. The van der Waals surface area contributed by atoms with E-state index in [4.69, 9.17) is 11.6 Å². The van der Waals surface area contributed by atoms with E-state index in [1.165, 1.54) is 48.7 Å². The molecule has 0 fully saturated rings. The number of sulfonamides is 1. The molecule has 1 amide bonds. The lowest BCUT2D eigenvalue weighted by molar-refractivity contribution is -0.384. The third-order valence-electron chi connectivity index (χ3n) is 4.20. The molecule has 32 heavy (non-hydrogen) atoms. The lowest BCUT2D eigenvalue weighted by atomic mass is 10.2. The standard InChI is InChI=1S/C21H17ClN4O5S/c22-17-7-4-6-16(12-17)14-23-24-21(27)15-25(18-8-5-9-19(13-18)26(28)29)32(30,31)20-10-2-1-3-11-20/h1-14H,15H2,(H,24,27)/b23-14-. The molecule has 0 heterocycles. The summed E-state index contributed by atoms with van der Waals surface area (Å²) >= 11 is 5.90. The number of hydrogen-bond donors (Lipinski definition) is 1. The van der Waals surface area contributed by atoms with E-state index in [0.29, 0.717) is 10.6 Å². The minimum absolute atomic E-state index is 0.0305. The Morgan fingerprint density at radius 1 is 1.06 bits per heavy atom. The molecular formula is C21H17ClN4O5S. The third-order valence-corrected chi connectivity index (χ3v) is 6.22. The van der Waals surface area contributed by atoms with E-state index >= 15 is 0 Å². The van der Waals surface area contributed by atoms with Crippen LogP contribution in [0.5, 0.6) is 0 Å². The first-order chi connectivity index (χ1) is 15.3. The molecule has 0 spiro atoms. The fourth-order valence-corrected chi connectivity index (χ4v) is 4.36. The number of anilines is 1. The zero-order chi connectivity index (χ0) is 23.1. The van der Waals surface area contributed by atoms with Gasteiger partial charge in [-0.2, -0.15) is 5.10 Å². The fraction of sp³-hybridized carbons (Fsp3) is 0.0476. The summed E-state index contributed by atoms with van der Waals surface area (Å²) in [6.45, 7) is -0.648. The molecule has 9 nitrogen and oxygen atoms in total. The van der Waals surface area contributed by atoms with Crippen molar-refractivity contribution in [3.05, 3.63) is 99.6 Å². The normalized spacial score (nSPS) is 11.3. The van der Waals surface area contributed by atoms with Crippen molar-refractivity contribution in [2.75, 3.05) is 10.8 Å². The number of carbonyl (C=O) groups excluding carboxylic acids is 1. The summed E-state index contributed by atoms with van der Waals surface area (Å²) in [5.74, 6) is -0.741. The predicted molar refractivity (Wildman–Crippen MR) is 121 cm³/mol. The molecular weight excluding hydrogens is 456 g/mol. The number of benzene rings is 3. The van der Waals surface area contributed by atoms with Gasteiger partial charge in [-0.15, -0.1) is 0 Å². The quantitative estimate of drug-likeness (QED) is 0.305. The number of nitro benzene ring substituents is 1. The van der Waals surface area contributed by atoms with Gasteiger partial charge in [-0.05, 0) is 35.9 Å². The molecule has 0 bridgehead atoms. The van der Waals surface area contributed by atoms with E-state index in [1.807, 2.05) is 0 Å². The average molecular weight is 473 g/mol. The van der Waals surface area contributed by atoms with Gasteiger partial charge in [0.15, 0.2) is 0 Å². The number of nitrogens with one attached hydrogen (secondary N) is 1. The topological polar surface area (TPSA) is 122 Å². The molecule has 0 unspecified atom stereocenters. The van der Waals surface area contributed by atoms with Gasteiger partial charge in [0.05, 0.1) is 21.7 Å². The van der Waals surface area contributed by atoms with E-state index in [2.05, 4.69) is 10.5 Å². The number of rotatable bonds is 8. The van der Waals surface area contributed by atoms with Crippen LogP contribution >= 0.6 is 11.6 Å². The maximum Gasteiger partial charge on any atom is 0.271 e. The third kappa shape index (κ3) is 5.68. The van der Waals surface area contributed by atoms with Crippen molar-refractivity contribution >= 4 is 45.1 Å². The van der Waals surface area contributed by atoms with E-state index in [-0.39, 0.29) is 16.3 Å². The molecule has 0 aromatic heterocycles. The number of hydrazone groups is 1. The van der Waals surface area contributed by atoms with Gasteiger partial charge in [-0.3, -0.25) is 19.2 Å². The second kappa shape index (κ2) is 10.0. The maximum atomic E-state index is 13.2. The highest BCUT2D eigenvalue weighted by molar-refractivity contribution is 7.92. The zero-order valence-corrected chi connectivity index (χ0v) is 18.0. The van der Waals surface area contributed by atoms with Gasteiger partial charge in [0.2, 0.25) is 0 Å². The Morgan fingerprint density at radius 2 is 1.78 bits per heavy atom. The Labute approximate surface area is 189 Å². The molecule has 11 heteroatoms. The van der Waals surface area contributed by atoms with E-state index < -0.39 is 27.4 Å². The Kier molecular flexibility index (Phi) is 7.18. The SMILES string of the molecule is O=C(CN(c1cccc([N+](=O)[O-])c1)S(=O)(=O)c1ccccc1)N/N=C\c1cccc(Cl)c1. The van der Waals surface area contributed by atoms with Crippen LogP contribution in [0.2, 0.25) is 5.02 Å². The fourth-order valence-electron chi connectivity index (χ4n) is 2.73. The Balaban J connectivity index is 1.88. The highest BCUT2D eigenvalue weighted by atomic mass is 35.5. The molecule has 3 rings (SSSR count). The smallest absolute Gasteiger partial charge is 0.271 e. The minimum atomic E-state index is -4.19. The molecule has 1 N–H and O–H groups in total. The van der Waals surface area contributed by atoms with E-state index in [9.17, 15) is 23.3 Å². The van der Waals surface area contributed by atoms with Crippen molar-refractivity contribution in [2.24, 2.45) is 5.10 Å². The molecule has 0 atom stereocenters. The predicted octanol–water partition coefficient (Wildman–Crippen LogP) is 3.59. The number of nitrogens with zero attached hydrogens (tertiary/aromatic N) is 3. The minimum Gasteiger partial charge on any atom is -0.271 e. The Bertz CT molecular complexity index is 1270. The van der Waals surface area contributed by atoms with Gasteiger partial charge in [0.1, 0.15) is 6.54 Å². The highest BCUT2D eigenvalue weighted by Gasteiger charge is 2.28. The van der Waals surface area contributed by atoms with E-state index in [0.717, 1.165) is 10.4 Å². The van der Waals surface area contributed by atoms with Crippen LogP contribution in [0.4, 0.5) is 11.4 Å². The summed E-state index contributed by atoms with van der Waals surface area (Å²) in [5.41, 5.74) is 2.55. The van der Waals surface area contributed by atoms with Crippen molar-refractivity contribution in [1.29, 1.82) is 0 Å². The van der Waals surface area contributed by atoms with Crippen molar-refractivity contribution in [2.45, 2.75) is 4.90 Å². The second-order valence-electron chi connectivity index (χ2n) is 6.45. The van der Waals surface area contributed by atoms with Crippen LogP contribution in [0.3, 0.4) is 0 Å². The highest BCUT2D eigenvalue weighted by Crippen LogP contribution is 2.26. The first kappa shape index (κ1) is 22.9. The summed E-state index contributed by atoms with van der Waals surface area (Å²) in [4.78, 5) is 22.9. The van der Waals surface area contributed by atoms with Crippen LogP contribution in [0, 0.1) is 10.1 Å². The number of halogens is 1. The number of non-ortho nitro benzene ring substituents is 1. The van der Waals surface area contributed by atoms with Gasteiger partial charge >= 0.3 is 0 Å². The molecule has 0 radical (unpaired) electrons. The van der Waals surface area contributed by atoms with Crippen LogP contribution in [-0.4, -0.2) is 32.0 Å². The van der Waals surface area contributed by atoms with Gasteiger partial charge in [-0.25, -0.2) is 13.8 Å². The monoisotopic (exact) mass is 472 g/mol. The van der Waals surface area contributed by atoms with Gasteiger partial charge < -0.3 is 0 Å². The second-order valence-corrected chi connectivity index (χ2v) is 8.75. The first-order valence-electron chi connectivity index (χ1n) is 9.17. The molecule has 0 aliphatic heterocycles. The molecule has 0 saturated heterocycles. The summed E-state index contributed by atoms with van der Waals surface area (Å²) in [6, 6.07) is 19.2. The molecule has 3 aromatic rings.